The number of hydrogen-bond donors (Lipinski definition) is 1. The fraction of sp³-hybridized carbons (Fsp3) is 0.833. The Balaban J connectivity index is 2.59. The van der Waals surface area contributed by atoms with Crippen molar-refractivity contribution in [1.82, 2.24) is 5.32 Å². The van der Waals surface area contributed by atoms with Crippen LogP contribution in [0.1, 0.15) is 46.0 Å². The Morgan fingerprint density at radius 3 is 2.62 bits per heavy atom. The van der Waals surface area contributed by atoms with Crippen molar-refractivity contribution in [3.05, 3.63) is 11.6 Å². The maximum Gasteiger partial charge on any atom is 0.0299 e. The molecule has 0 saturated carbocycles. The van der Waals surface area contributed by atoms with Crippen LogP contribution in [0.4, 0.5) is 0 Å². The molecule has 0 aliphatic heterocycles. The molecule has 1 N–H and O–H groups in total. The molecule has 0 amide bonds. The summed E-state index contributed by atoms with van der Waals surface area (Å²) in [4.78, 5) is 0. The average molecular weight is 181 g/mol. The van der Waals surface area contributed by atoms with Gasteiger partial charge in [0.15, 0.2) is 0 Å². The minimum absolute atomic E-state index is 0.609. The summed E-state index contributed by atoms with van der Waals surface area (Å²) >= 11 is 0. The van der Waals surface area contributed by atoms with Crippen LogP contribution in [0.25, 0.3) is 0 Å². The third kappa shape index (κ3) is 3.15. The average Bonchev–Trinajstić information content (AvgIpc) is 2.33. The van der Waals surface area contributed by atoms with Crippen LogP contribution >= 0.6 is 0 Å². The molecule has 0 aromatic rings. The van der Waals surface area contributed by atoms with E-state index in [0.29, 0.717) is 12.0 Å². The van der Waals surface area contributed by atoms with Crippen LogP contribution in [0, 0.1) is 5.92 Å². The second-order valence-corrected chi connectivity index (χ2v) is 4.39. The number of allylic oxidation sites excluding steroid dienone is 1. The Kier molecular flexibility index (Phi) is 4.51. The van der Waals surface area contributed by atoms with Gasteiger partial charge < -0.3 is 5.32 Å². The van der Waals surface area contributed by atoms with Crippen molar-refractivity contribution in [3.8, 4) is 0 Å². The van der Waals surface area contributed by atoms with E-state index in [1.54, 1.807) is 5.57 Å². The molecule has 76 valence electrons. The first-order valence-corrected chi connectivity index (χ1v) is 5.62. The summed E-state index contributed by atoms with van der Waals surface area (Å²) in [5.74, 6) is 0.717. The molecule has 1 unspecified atom stereocenters. The second-order valence-electron chi connectivity index (χ2n) is 4.39. The summed E-state index contributed by atoms with van der Waals surface area (Å²) in [6, 6.07) is 0.609. The molecule has 0 fully saturated rings. The van der Waals surface area contributed by atoms with Crippen LogP contribution in [0.3, 0.4) is 0 Å². The normalized spacial score (nSPS) is 21.1. The highest BCUT2D eigenvalue weighted by molar-refractivity contribution is 5.12. The van der Waals surface area contributed by atoms with Crippen LogP contribution < -0.4 is 5.32 Å². The lowest BCUT2D eigenvalue weighted by Crippen LogP contribution is -2.32. The number of rotatable bonds is 3. The summed E-state index contributed by atoms with van der Waals surface area (Å²) in [6.07, 6.45) is 9.25. The van der Waals surface area contributed by atoms with Crippen molar-refractivity contribution >= 4 is 0 Å². The predicted octanol–water partition coefficient (Wildman–Crippen LogP) is 3.12. The largest absolute Gasteiger partial charge is 0.313 e. The molecule has 1 aliphatic carbocycles. The lowest BCUT2D eigenvalue weighted by atomic mass is 9.93. The van der Waals surface area contributed by atoms with E-state index in [9.17, 15) is 0 Å². The van der Waals surface area contributed by atoms with Crippen molar-refractivity contribution in [1.29, 1.82) is 0 Å². The van der Waals surface area contributed by atoms with E-state index in [1.165, 1.54) is 32.1 Å². The van der Waals surface area contributed by atoms with Gasteiger partial charge in [0.05, 0.1) is 0 Å². The Hall–Kier alpha value is -0.300. The van der Waals surface area contributed by atoms with E-state index in [2.05, 4.69) is 32.3 Å². The molecule has 0 saturated heterocycles. The van der Waals surface area contributed by atoms with Gasteiger partial charge in [0.2, 0.25) is 0 Å². The zero-order chi connectivity index (χ0) is 9.68. The van der Waals surface area contributed by atoms with Crippen molar-refractivity contribution in [2.24, 2.45) is 5.92 Å². The van der Waals surface area contributed by atoms with Gasteiger partial charge >= 0.3 is 0 Å². The van der Waals surface area contributed by atoms with Gasteiger partial charge in [-0.3, -0.25) is 0 Å². The first kappa shape index (κ1) is 10.8. The van der Waals surface area contributed by atoms with Gasteiger partial charge in [0.1, 0.15) is 0 Å². The minimum Gasteiger partial charge on any atom is -0.313 e. The molecule has 1 heteroatoms. The summed E-state index contributed by atoms with van der Waals surface area (Å²) < 4.78 is 0. The standard InChI is InChI=1S/C12H23N/c1-10(2)12(13-3)11-8-6-4-5-7-9-11/h8,10,12-13H,4-7,9H2,1-3H3. The third-order valence-corrected chi connectivity index (χ3v) is 2.95. The van der Waals surface area contributed by atoms with E-state index in [-0.39, 0.29) is 0 Å². The molecule has 13 heavy (non-hydrogen) atoms. The van der Waals surface area contributed by atoms with Crippen molar-refractivity contribution in [3.63, 3.8) is 0 Å². The van der Waals surface area contributed by atoms with Gasteiger partial charge in [0, 0.05) is 6.04 Å². The highest BCUT2D eigenvalue weighted by Crippen LogP contribution is 2.23. The molecular weight excluding hydrogens is 158 g/mol. The third-order valence-electron chi connectivity index (χ3n) is 2.95. The minimum atomic E-state index is 0.609. The summed E-state index contributed by atoms with van der Waals surface area (Å²) in [7, 11) is 2.08. The smallest absolute Gasteiger partial charge is 0.0299 e. The molecule has 0 spiro atoms. The van der Waals surface area contributed by atoms with E-state index < -0.39 is 0 Å². The molecule has 1 atom stereocenters. The first-order chi connectivity index (χ1) is 6.25. The monoisotopic (exact) mass is 181 g/mol. The molecule has 0 aromatic carbocycles. The quantitative estimate of drug-likeness (QED) is 0.660. The fourth-order valence-corrected chi connectivity index (χ4v) is 2.27. The van der Waals surface area contributed by atoms with Gasteiger partial charge in [-0.25, -0.2) is 0 Å². The predicted molar refractivity (Wildman–Crippen MR) is 58.9 cm³/mol. The van der Waals surface area contributed by atoms with Crippen LogP contribution in [-0.2, 0) is 0 Å². The van der Waals surface area contributed by atoms with Crippen molar-refractivity contribution in [2.75, 3.05) is 7.05 Å². The lowest BCUT2D eigenvalue weighted by molar-refractivity contribution is 0.465. The van der Waals surface area contributed by atoms with Crippen LogP contribution in [0.5, 0.6) is 0 Å². The SMILES string of the molecule is CNC(C1=CCCCCC1)C(C)C. The van der Waals surface area contributed by atoms with Crippen LogP contribution in [0.15, 0.2) is 11.6 Å². The lowest BCUT2D eigenvalue weighted by Gasteiger charge is -2.23. The van der Waals surface area contributed by atoms with Gasteiger partial charge in [-0.2, -0.15) is 0 Å². The van der Waals surface area contributed by atoms with Gasteiger partial charge in [-0.15, -0.1) is 0 Å². The van der Waals surface area contributed by atoms with E-state index in [4.69, 9.17) is 0 Å². The Morgan fingerprint density at radius 1 is 1.23 bits per heavy atom. The number of nitrogens with one attached hydrogen (secondary N) is 1. The molecule has 0 radical (unpaired) electrons. The van der Waals surface area contributed by atoms with E-state index in [1.807, 2.05) is 0 Å². The first-order valence-electron chi connectivity index (χ1n) is 5.62. The zero-order valence-electron chi connectivity index (χ0n) is 9.27. The number of hydrogen-bond acceptors (Lipinski definition) is 1. The molecule has 1 aliphatic rings. The molecule has 0 aromatic heterocycles. The summed E-state index contributed by atoms with van der Waals surface area (Å²) in [5.41, 5.74) is 1.65. The summed E-state index contributed by atoms with van der Waals surface area (Å²) in [5, 5.41) is 3.43. The molecular formula is C12H23N. The second kappa shape index (κ2) is 5.43. The van der Waals surface area contributed by atoms with Gasteiger partial charge in [-0.05, 0) is 38.6 Å². The fourth-order valence-electron chi connectivity index (χ4n) is 2.27. The van der Waals surface area contributed by atoms with Gasteiger partial charge in [-0.1, -0.05) is 31.9 Å². The van der Waals surface area contributed by atoms with Gasteiger partial charge in [0.25, 0.3) is 0 Å². The molecule has 1 rings (SSSR count). The molecule has 0 heterocycles. The Bertz CT molecular complexity index is 170. The van der Waals surface area contributed by atoms with Crippen molar-refractivity contribution < 1.29 is 0 Å². The highest BCUT2D eigenvalue weighted by Gasteiger charge is 2.16. The molecule has 1 nitrogen and oxygen atoms in total. The topological polar surface area (TPSA) is 12.0 Å². The highest BCUT2D eigenvalue weighted by atomic mass is 14.9. The van der Waals surface area contributed by atoms with E-state index >= 15 is 0 Å². The summed E-state index contributed by atoms with van der Waals surface area (Å²) in [6.45, 7) is 4.60. The van der Waals surface area contributed by atoms with Crippen molar-refractivity contribution in [2.45, 2.75) is 52.0 Å². The molecule has 0 bridgehead atoms. The maximum atomic E-state index is 3.43. The van der Waals surface area contributed by atoms with Crippen LogP contribution in [-0.4, -0.2) is 13.1 Å². The van der Waals surface area contributed by atoms with E-state index in [0.717, 1.165) is 0 Å². The Labute approximate surface area is 82.6 Å². The maximum absolute atomic E-state index is 3.43. The zero-order valence-corrected chi connectivity index (χ0v) is 9.27. The Morgan fingerprint density at radius 2 is 2.00 bits per heavy atom. The number of likely N-dealkylation sites (N-methyl/N-ethyl adjacent to an activating group) is 1. The van der Waals surface area contributed by atoms with Crippen LogP contribution in [0.2, 0.25) is 0 Å².